The van der Waals surface area contributed by atoms with Gasteiger partial charge in [-0.05, 0) is 41.8 Å². The summed E-state index contributed by atoms with van der Waals surface area (Å²) in [4.78, 5) is 12.7. The third-order valence-electron chi connectivity index (χ3n) is 5.17. The van der Waals surface area contributed by atoms with E-state index in [4.69, 9.17) is 14.2 Å². The van der Waals surface area contributed by atoms with E-state index in [-0.39, 0.29) is 31.0 Å². The molecular weight excluding hydrogens is 464 g/mol. The summed E-state index contributed by atoms with van der Waals surface area (Å²) >= 11 is 3.44. The van der Waals surface area contributed by atoms with Gasteiger partial charge in [0.05, 0.1) is 32.3 Å². The van der Waals surface area contributed by atoms with Crippen molar-refractivity contribution in [3.63, 3.8) is 0 Å². The number of halogens is 1. The third-order valence-corrected chi connectivity index (χ3v) is 5.66. The topological polar surface area (TPSA) is 89.1 Å². The molecule has 168 valence electrons. The number of rotatable bonds is 9. The molecule has 2 atom stereocenters. The number of carbonyl (C=O) groups excluding carboxylic acids is 1. The van der Waals surface area contributed by atoms with E-state index in [9.17, 15) is 9.90 Å². The minimum absolute atomic E-state index is 0.0503. The van der Waals surface area contributed by atoms with Crippen molar-refractivity contribution < 1.29 is 24.1 Å². The van der Waals surface area contributed by atoms with Crippen LogP contribution in [0.25, 0.3) is 0 Å². The van der Waals surface area contributed by atoms with E-state index in [1.54, 1.807) is 7.11 Å². The predicted molar refractivity (Wildman–Crippen MR) is 122 cm³/mol. The fraction of sp³-hybridized carbons (Fsp3) is 0.435. The highest BCUT2D eigenvalue weighted by Crippen LogP contribution is 2.34. The first-order valence-corrected chi connectivity index (χ1v) is 11.1. The minimum atomic E-state index is -0.440. The predicted octanol–water partition coefficient (Wildman–Crippen LogP) is 3.37. The smallest absolute Gasteiger partial charge is 0.234 e. The van der Waals surface area contributed by atoms with Gasteiger partial charge in [-0.1, -0.05) is 35.8 Å². The Morgan fingerprint density at radius 1 is 1.16 bits per heavy atom. The molecule has 0 aliphatic carbocycles. The van der Waals surface area contributed by atoms with Crippen LogP contribution in [0.2, 0.25) is 0 Å². The third kappa shape index (κ3) is 5.90. The van der Waals surface area contributed by atoms with E-state index in [1.165, 1.54) is 0 Å². The van der Waals surface area contributed by atoms with Crippen molar-refractivity contribution in [2.75, 3.05) is 33.5 Å². The molecule has 0 saturated heterocycles. The van der Waals surface area contributed by atoms with E-state index < -0.39 is 6.04 Å². The molecule has 3 N–H and O–H groups in total. The van der Waals surface area contributed by atoms with Crippen LogP contribution in [0.4, 0.5) is 0 Å². The Morgan fingerprint density at radius 3 is 2.58 bits per heavy atom. The van der Waals surface area contributed by atoms with Crippen molar-refractivity contribution in [2.24, 2.45) is 5.92 Å². The number of amides is 1. The molecule has 2 unspecified atom stereocenters. The summed E-state index contributed by atoms with van der Waals surface area (Å²) in [5.41, 5.74) is 1.74. The SMILES string of the molecule is COc1ccc(Br)cc1C(CO)NCC(=O)NC(c1ccc2c(c1)OCCO2)C(C)C. The zero-order valence-corrected chi connectivity index (χ0v) is 19.6. The van der Waals surface area contributed by atoms with Gasteiger partial charge < -0.3 is 24.6 Å². The first-order valence-electron chi connectivity index (χ1n) is 10.3. The number of aliphatic hydroxyl groups excluding tert-OH is 1. The first kappa shape index (κ1) is 23.4. The highest BCUT2D eigenvalue weighted by Gasteiger charge is 2.22. The van der Waals surface area contributed by atoms with Gasteiger partial charge in [-0.2, -0.15) is 0 Å². The summed E-state index contributed by atoms with van der Waals surface area (Å²) in [7, 11) is 1.58. The van der Waals surface area contributed by atoms with Gasteiger partial charge in [0.2, 0.25) is 5.91 Å². The second kappa shape index (κ2) is 10.8. The molecule has 0 radical (unpaired) electrons. The Balaban J connectivity index is 1.67. The lowest BCUT2D eigenvalue weighted by Crippen LogP contribution is -2.40. The number of benzene rings is 2. The summed E-state index contributed by atoms with van der Waals surface area (Å²) in [5.74, 6) is 2.07. The Kier molecular flexibility index (Phi) is 8.17. The molecule has 8 heteroatoms. The van der Waals surface area contributed by atoms with E-state index in [0.29, 0.717) is 24.7 Å². The number of carbonyl (C=O) groups is 1. The lowest BCUT2D eigenvalue weighted by molar-refractivity contribution is -0.121. The molecule has 1 amide bonds. The molecule has 1 heterocycles. The number of aliphatic hydroxyl groups is 1. The molecule has 2 aromatic rings. The quantitative estimate of drug-likeness (QED) is 0.497. The van der Waals surface area contributed by atoms with Crippen molar-refractivity contribution in [3.8, 4) is 17.2 Å². The lowest BCUT2D eigenvalue weighted by atomic mass is 9.95. The summed E-state index contributed by atoms with van der Waals surface area (Å²) in [6.07, 6.45) is 0. The Labute approximate surface area is 191 Å². The van der Waals surface area contributed by atoms with Crippen LogP contribution in [-0.2, 0) is 4.79 Å². The molecule has 2 aromatic carbocycles. The number of hydrogen-bond acceptors (Lipinski definition) is 6. The second-order valence-corrected chi connectivity index (χ2v) is 8.61. The van der Waals surface area contributed by atoms with Gasteiger partial charge in [0.25, 0.3) is 0 Å². The van der Waals surface area contributed by atoms with Crippen LogP contribution in [0.3, 0.4) is 0 Å². The normalized spacial score (nSPS) is 14.8. The maximum absolute atomic E-state index is 12.7. The van der Waals surface area contributed by atoms with Crippen molar-refractivity contribution in [1.29, 1.82) is 0 Å². The molecule has 3 rings (SSSR count). The van der Waals surface area contributed by atoms with Gasteiger partial charge >= 0.3 is 0 Å². The van der Waals surface area contributed by atoms with Gasteiger partial charge in [0.15, 0.2) is 11.5 Å². The second-order valence-electron chi connectivity index (χ2n) is 7.69. The number of nitrogens with one attached hydrogen (secondary N) is 2. The lowest BCUT2D eigenvalue weighted by Gasteiger charge is -2.26. The van der Waals surface area contributed by atoms with E-state index in [0.717, 1.165) is 21.3 Å². The van der Waals surface area contributed by atoms with E-state index >= 15 is 0 Å². The van der Waals surface area contributed by atoms with Crippen molar-refractivity contribution in [3.05, 3.63) is 52.0 Å². The van der Waals surface area contributed by atoms with Gasteiger partial charge in [-0.3, -0.25) is 10.1 Å². The average molecular weight is 493 g/mol. The zero-order valence-electron chi connectivity index (χ0n) is 18.0. The number of methoxy groups -OCH3 is 1. The Bertz CT molecular complexity index is 906. The minimum Gasteiger partial charge on any atom is -0.496 e. The standard InChI is InChI=1S/C23H29BrN2O5/c1-14(2)23(15-4-6-20-21(10-15)31-9-8-30-20)26-22(28)12-25-18(13-27)17-11-16(24)5-7-19(17)29-3/h4-7,10-11,14,18,23,25,27H,8-9,12-13H2,1-3H3,(H,26,28). The number of hydrogen-bond donors (Lipinski definition) is 3. The van der Waals surface area contributed by atoms with Gasteiger partial charge in [-0.25, -0.2) is 0 Å². The van der Waals surface area contributed by atoms with Crippen LogP contribution >= 0.6 is 15.9 Å². The van der Waals surface area contributed by atoms with Crippen LogP contribution in [0, 0.1) is 5.92 Å². The zero-order chi connectivity index (χ0) is 22.4. The monoisotopic (exact) mass is 492 g/mol. The van der Waals surface area contributed by atoms with Crippen LogP contribution in [0.15, 0.2) is 40.9 Å². The highest BCUT2D eigenvalue weighted by atomic mass is 79.9. The average Bonchev–Trinajstić information content (AvgIpc) is 2.77. The van der Waals surface area contributed by atoms with Crippen molar-refractivity contribution >= 4 is 21.8 Å². The maximum Gasteiger partial charge on any atom is 0.234 e. The van der Waals surface area contributed by atoms with Gasteiger partial charge in [0, 0.05) is 10.0 Å². The Morgan fingerprint density at radius 2 is 1.90 bits per heavy atom. The van der Waals surface area contributed by atoms with Crippen molar-refractivity contribution in [2.45, 2.75) is 25.9 Å². The number of fused-ring (bicyclic) bond motifs is 1. The van der Waals surface area contributed by atoms with Crippen LogP contribution in [0.1, 0.15) is 37.1 Å². The fourth-order valence-corrected chi connectivity index (χ4v) is 3.96. The molecule has 0 aromatic heterocycles. The van der Waals surface area contributed by atoms with Crippen LogP contribution < -0.4 is 24.8 Å². The highest BCUT2D eigenvalue weighted by molar-refractivity contribution is 9.10. The largest absolute Gasteiger partial charge is 0.496 e. The van der Waals surface area contributed by atoms with Crippen molar-refractivity contribution in [1.82, 2.24) is 10.6 Å². The first-order chi connectivity index (χ1) is 14.9. The molecule has 1 aliphatic heterocycles. The summed E-state index contributed by atoms with van der Waals surface area (Å²) in [6.45, 7) is 5.04. The molecule has 7 nitrogen and oxygen atoms in total. The van der Waals surface area contributed by atoms with Gasteiger partial charge in [-0.15, -0.1) is 0 Å². The van der Waals surface area contributed by atoms with Gasteiger partial charge in [0.1, 0.15) is 19.0 Å². The maximum atomic E-state index is 12.7. The number of ether oxygens (including phenoxy) is 3. The molecule has 0 fully saturated rings. The summed E-state index contributed by atoms with van der Waals surface area (Å²) < 4.78 is 17.5. The molecule has 0 bridgehead atoms. The Hall–Kier alpha value is -2.29. The molecule has 0 spiro atoms. The van der Waals surface area contributed by atoms with E-state index in [2.05, 4.69) is 40.4 Å². The van der Waals surface area contributed by atoms with E-state index in [1.807, 2.05) is 36.4 Å². The molecule has 1 aliphatic rings. The molecular formula is C23H29BrN2O5. The molecule has 0 saturated carbocycles. The fourth-order valence-electron chi connectivity index (χ4n) is 3.58. The van der Waals surface area contributed by atoms with Crippen LogP contribution in [-0.4, -0.2) is 44.5 Å². The van der Waals surface area contributed by atoms with Crippen LogP contribution in [0.5, 0.6) is 17.2 Å². The summed E-state index contributed by atoms with van der Waals surface area (Å²) in [5, 5.41) is 16.1. The summed E-state index contributed by atoms with van der Waals surface area (Å²) in [6, 6.07) is 10.7. The molecule has 31 heavy (non-hydrogen) atoms.